The fraction of sp³-hybridized carbons (Fsp3) is 0.571. The maximum Gasteiger partial charge on any atom is 0.127 e. The summed E-state index contributed by atoms with van der Waals surface area (Å²) in [6.45, 7) is 3.70. The van der Waals surface area contributed by atoms with Gasteiger partial charge in [0.1, 0.15) is 5.75 Å². The monoisotopic (exact) mass is 346 g/mol. The molecule has 2 heterocycles. The zero-order valence-corrected chi connectivity index (χ0v) is 13.3. The van der Waals surface area contributed by atoms with Crippen molar-refractivity contribution < 1.29 is 4.74 Å². The maximum atomic E-state index is 5.84. The van der Waals surface area contributed by atoms with E-state index < -0.39 is 0 Å². The van der Waals surface area contributed by atoms with Crippen molar-refractivity contribution >= 4 is 28.3 Å². The summed E-state index contributed by atoms with van der Waals surface area (Å²) in [7, 11) is 0. The van der Waals surface area contributed by atoms with Crippen LogP contribution in [0.3, 0.4) is 0 Å². The van der Waals surface area contributed by atoms with Gasteiger partial charge in [0, 0.05) is 35.6 Å². The van der Waals surface area contributed by atoms with Crippen molar-refractivity contribution in [3.8, 4) is 5.75 Å². The molecule has 0 bridgehead atoms. The van der Waals surface area contributed by atoms with Crippen LogP contribution in [-0.2, 0) is 13.0 Å². The Kier molecular flexibility index (Phi) is 5.12. The topological polar surface area (TPSA) is 38.5 Å². The molecule has 0 radical (unpaired) electrons. The number of rotatable bonds is 3. The van der Waals surface area contributed by atoms with E-state index in [0.717, 1.165) is 42.9 Å². The smallest absolute Gasteiger partial charge is 0.127 e. The lowest BCUT2D eigenvalue weighted by Gasteiger charge is -2.24. The van der Waals surface area contributed by atoms with Crippen molar-refractivity contribution in [2.24, 2.45) is 5.73 Å². The van der Waals surface area contributed by atoms with E-state index in [0.29, 0.717) is 6.04 Å². The van der Waals surface area contributed by atoms with Crippen LogP contribution < -0.4 is 10.5 Å². The van der Waals surface area contributed by atoms with Crippen LogP contribution in [0.25, 0.3) is 0 Å². The van der Waals surface area contributed by atoms with Gasteiger partial charge in [0.15, 0.2) is 0 Å². The van der Waals surface area contributed by atoms with Gasteiger partial charge in [-0.25, -0.2) is 0 Å². The Balaban J connectivity index is 0.00000133. The zero-order valence-electron chi connectivity index (χ0n) is 10.9. The lowest BCUT2D eigenvalue weighted by molar-refractivity contribution is 0.245. The molecule has 3 nitrogen and oxygen atoms in total. The van der Waals surface area contributed by atoms with E-state index in [-0.39, 0.29) is 12.4 Å². The quantitative estimate of drug-likeness (QED) is 0.914. The molecule has 1 aromatic carbocycles. The molecule has 106 valence electrons. The van der Waals surface area contributed by atoms with Crippen LogP contribution in [0, 0.1) is 0 Å². The molecule has 2 aliphatic rings. The molecule has 1 unspecified atom stereocenters. The molecule has 5 heteroatoms. The summed E-state index contributed by atoms with van der Waals surface area (Å²) in [5, 5.41) is 0. The van der Waals surface area contributed by atoms with Crippen LogP contribution in [0.2, 0.25) is 0 Å². The lowest BCUT2D eigenvalue weighted by Crippen LogP contribution is -2.34. The molecule has 1 saturated heterocycles. The highest BCUT2D eigenvalue weighted by Crippen LogP contribution is 2.34. The van der Waals surface area contributed by atoms with Crippen LogP contribution >= 0.6 is 28.3 Å². The van der Waals surface area contributed by atoms with E-state index in [4.69, 9.17) is 10.5 Å². The molecule has 3 rings (SSSR count). The van der Waals surface area contributed by atoms with Gasteiger partial charge < -0.3 is 10.5 Å². The van der Waals surface area contributed by atoms with Gasteiger partial charge in [-0.2, -0.15) is 0 Å². The molecule has 0 saturated carbocycles. The number of fused-ring (bicyclic) bond motifs is 1. The molecule has 1 aromatic rings. The average molecular weight is 348 g/mol. The molecule has 0 aliphatic carbocycles. The van der Waals surface area contributed by atoms with Crippen molar-refractivity contribution in [1.82, 2.24) is 4.90 Å². The fourth-order valence-corrected chi connectivity index (χ4v) is 3.61. The third-order valence-corrected chi connectivity index (χ3v) is 4.43. The number of nitrogens with two attached hydrogens (primary N) is 1. The van der Waals surface area contributed by atoms with Gasteiger partial charge in [-0.1, -0.05) is 15.9 Å². The van der Waals surface area contributed by atoms with Crippen LogP contribution in [-0.4, -0.2) is 30.6 Å². The highest BCUT2D eigenvalue weighted by atomic mass is 79.9. The van der Waals surface area contributed by atoms with Crippen molar-refractivity contribution in [3.05, 3.63) is 27.7 Å². The van der Waals surface area contributed by atoms with E-state index in [1.54, 1.807) is 0 Å². The standard InChI is InChI=1S/C14H19BrN2O.ClH/c15-12-6-10-3-5-18-14(10)11(7-12)9-17-4-1-2-13(17)8-16;/h6-7,13H,1-5,8-9,16H2;1H. The Labute approximate surface area is 129 Å². The first-order valence-electron chi connectivity index (χ1n) is 6.66. The molecule has 1 fully saturated rings. The molecule has 2 N–H and O–H groups in total. The predicted octanol–water partition coefficient (Wildman–Crippen LogP) is 2.73. The van der Waals surface area contributed by atoms with Crippen molar-refractivity contribution in [2.45, 2.75) is 31.8 Å². The second kappa shape index (κ2) is 6.44. The maximum absolute atomic E-state index is 5.84. The number of hydrogen-bond donors (Lipinski definition) is 1. The third kappa shape index (κ3) is 3.07. The van der Waals surface area contributed by atoms with Gasteiger partial charge >= 0.3 is 0 Å². The summed E-state index contributed by atoms with van der Waals surface area (Å²) in [5.74, 6) is 1.11. The summed E-state index contributed by atoms with van der Waals surface area (Å²) >= 11 is 3.60. The molecule has 1 atom stereocenters. The molecule has 2 aliphatic heterocycles. The number of halogens is 2. The molecule has 0 spiro atoms. The van der Waals surface area contributed by atoms with E-state index in [1.807, 2.05) is 0 Å². The first-order valence-corrected chi connectivity index (χ1v) is 7.45. The normalized spacial score (nSPS) is 21.9. The highest BCUT2D eigenvalue weighted by molar-refractivity contribution is 9.10. The molecular weight excluding hydrogens is 328 g/mol. The Morgan fingerprint density at radius 1 is 1.42 bits per heavy atom. The minimum absolute atomic E-state index is 0. The van der Waals surface area contributed by atoms with Gasteiger partial charge in [-0.05, 0) is 37.1 Å². The van der Waals surface area contributed by atoms with Crippen LogP contribution in [0.5, 0.6) is 5.75 Å². The van der Waals surface area contributed by atoms with Crippen LogP contribution in [0.4, 0.5) is 0 Å². The van der Waals surface area contributed by atoms with E-state index in [2.05, 4.69) is 33.0 Å². The summed E-state index contributed by atoms with van der Waals surface area (Å²) in [6, 6.07) is 4.91. The van der Waals surface area contributed by atoms with Gasteiger partial charge in [0.25, 0.3) is 0 Å². The average Bonchev–Trinajstić information content (AvgIpc) is 2.96. The first-order chi connectivity index (χ1) is 8.78. The summed E-state index contributed by atoms with van der Waals surface area (Å²) in [6.07, 6.45) is 3.52. The molecule has 0 amide bonds. The van der Waals surface area contributed by atoms with Crippen LogP contribution in [0.1, 0.15) is 24.0 Å². The predicted molar refractivity (Wildman–Crippen MR) is 83.1 cm³/mol. The second-order valence-electron chi connectivity index (χ2n) is 5.15. The highest BCUT2D eigenvalue weighted by Gasteiger charge is 2.25. The van der Waals surface area contributed by atoms with Gasteiger partial charge in [0.05, 0.1) is 6.61 Å². The number of hydrogen-bond acceptors (Lipinski definition) is 3. The minimum Gasteiger partial charge on any atom is -0.493 e. The van der Waals surface area contributed by atoms with Gasteiger partial charge in [0.2, 0.25) is 0 Å². The van der Waals surface area contributed by atoms with Crippen molar-refractivity contribution in [1.29, 1.82) is 0 Å². The Morgan fingerprint density at radius 3 is 3.05 bits per heavy atom. The van der Waals surface area contributed by atoms with E-state index in [9.17, 15) is 0 Å². The van der Waals surface area contributed by atoms with Crippen LogP contribution in [0.15, 0.2) is 16.6 Å². The number of likely N-dealkylation sites (tertiary alicyclic amines) is 1. The molecule has 19 heavy (non-hydrogen) atoms. The van der Waals surface area contributed by atoms with E-state index in [1.165, 1.54) is 24.0 Å². The van der Waals surface area contributed by atoms with Gasteiger partial charge in [-0.3, -0.25) is 4.90 Å². The number of nitrogens with zero attached hydrogens (tertiary/aromatic N) is 1. The van der Waals surface area contributed by atoms with Crippen molar-refractivity contribution in [2.75, 3.05) is 19.7 Å². The first kappa shape index (κ1) is 15.1. The summed E-state index contributed by atoms with van der Waals surface area (Å²) < 4.78 is 6.94. The summed E-state index contributed by atoms with van der Waals surface area (Å²) in [4.78, 5) is 2.49. The fourth-order valence-electron chi connectivity index (χ4n) is 3.05. The van der Waals surface area contributed by atoms with Gasteiger partial charge in [-0.15, -0.1) is 12.4 Å². The largest absolute Gasteiger partial charge is 0.493 e. The Morgan fingerprint density at radius 2 is 2.26 bits per heavy atom. The SMILES string of the molecule is Cl.NCC1CCCN1Cc1cc(Br)cc2c1OCC2. The van der Waals surface area contributed by atoms with Crippen molar-refractivity contribution in [3.63, 3.8) is 0 Å². The Bertz CT molecular complexity index is 455. The lowest BCUT2D eigenvalue weighted by atomic mass is 10.1. The minimum atomic E-state index is 0. The Hall–Kier alpha value is -0.290. The zero-order chi connectivity index (χ0) is 12.5. The van der Waals surface area contributed by atoms with E-state index >= 15 is 0 Å². The molecular formula is C14H20BrClN2O. The second-order valence-corrected chi connectivity index (χ2v) is 6.07. The molecule has 0 aromatic heterocycles. The third-order valence-electron chi connectivity index (χ3n) is 3.97. The number of benzene rings is 1. The summed E-state index contributed by atoms with van der Waals surface area (Å²) in [5.41, 5.74) is 8.48. The number of ether oxygens (including phenoxy) is 1.